The zero-order valence-corrected chi connectivity index (χ0v) is 15.6. The lowest BCUT2D eigenvalue weighted by Crippen LogP contribution is -2.19. The minimum absolute atomic E-state index is 0.0343. The van der Waals surface area contributed by atoms with Gasteiger partial charge in [-0.05, 0) is 57.2 Å². The fourth-order valence-corrected chi connectivity index (χ4v) is 3.12. The van der Waals surface area contributed by atoms with Crippen LogP contribution in [0.5, 0.6) is 0 Å². The molecule has 5 nitrogen and oxygen atoms in total. The smallest absolute Gasteiger partial charge is 0.231 e. The Morgan fingerprint density at radius 1 is 0.962 bits per heavy atom. The number of nitrogens with one attached hydrogen (secondary N) is 2. The Morgan fingerprint density at radius 2 is 1.54 bits per heavy atom. The normalized spacial score (nSPS) is 11.8. The van der Waals surface area contributed by atoms with Gasteiger partial charge in [0.05, 0.1) is 11.6 Å². The van der Waals surface area contributed by atoms with Crippen LogP contribution in [-0.4, -0.2) is 15.7 Å². The van der Waals surface area contributed by atoms with E-state index in [1.807, 2.05) is 87.1 Å². The van der Waals surface area contributed by atoms with Crippen LogP contribution < -0.4 is 10.6 Å². The van der Waals surface area contributed by atoms with E-state index in [0.717, 1.165) is 34.0 Å². The number of amides is 1. The van der Waals surface area contributed by atoms with E-state index in [2.05, 4.69) is 15.7 Å². The molecule has 5 heteroatoms. The first kappa shape index (κ1) is 17.7. The zero-order valence-electron chi connectivity index (χ0n) is 15.6. The molecular formula is C21H24N4O. The van der Waals surface area contributed by atoms with Crippen molar-refractivity contribution in [1.82, 2.24) is 9.78 Å². The zero-order chi connectivity index (χ0) is 18.7. The summed E-state index contributed by atoms with van der Waals surface area (Å²) in [5.41, 5.74) is 5.69. The fraction of sp³-hybridized carbons (Fsp3) is 0.238. The standard InChI is InChI=1S/C21H24N4O/c1-14(20-15(2)24-25(4)16(20)3)21(26)23-19-12-10-18(11-13-19)22-17-8-6-5-7-9-17/h5-14,22H,1-4H3,(H,23,26). The second kappa shape index (κ2) is 7.44. The quantitative estimate of drug-likeness (QED) is 0.712. The molecule has 134 valence electrons. The van der Waals surface area contributed by atoms with Crippen molar-refractivity contribution in [2.75, 3.05) is 10.6 Å². The van der Waals surface area contributed by atoms with Gasteiger partial charge in [-0.1, -0.05) is 18.2 Å². The maximum atomic E-state index is 12.6. The highest BCUT2D eigenvalue weighted by Gasteiger charge is 2.22. The largest absolute Gasteiger partial charge is 0.356 e. The Balaban J connectivity index is 1.67. The lowest BCUT2D eigenvalue weighted by molar-refractivity contribution is -0.117. The average Bonchev–Trinajstić information content (AvgIpc) is 2.89. The third-order valence-electron chi connectivity index (χ3n) is 4.61. The number of anilines is 3. The van der Waals surface area contributed by atoms with Crippen LogP contribution >= 0.6 is 0 Å². The van der Waals surface area contributed by atoms with Crippen molar-refractivity contribution in [3.05, 3.63) is 71.5 Å². The van der Waals surface area contributed by atoms with Crippen LogP contribution in [0.3, 0.4) is 0 Å². The van der Waals surface area contributed by atoms with E-state index >= 15 is 0 Å². The predicted molar refractivity (Wildman–Crippen MR) is 106 cm³/mol. The molecule has 0 spiro atoms. The number of carbonyl (C=O) groups excluding carboxylic acids is 1. The third-order valence-corrected chi connectivity index (χ3v) is 4.61. The van der Waals surface area contributed by atoms with Gasteiger partial charge in [-0.15, -0.1) is 0 Å². The molecule has 1 amide bonds. The summed E-state index contributed by atoms with van der Waals surface area (Å²) in [5.74, 6) is -0.293. The molecule has 0 bridgehead atoms. The number of rotatable bonds is 5. The van der Waals surface area contributed by atoms with E-state index in [1.54, 1.807) is 0 Å². The maximum Gasteiger partial charge on any atom is 0.231 e. The first-order valence-corrected chi connectivity index (χ1v) is 8.69. The van der Waals surface area contributed by atoms with E-state index in [1.165, 1.54) is 0 Å². The Labute approximate surface area is 154 Å². The minimum atomic E-state index is -0.258. The van der Waals surface area contributed by atoms with Gasteiger partial charge in [0.15, 0.2) is 0 Å². The number of carbonyl (C=O) groups is 1. The lowest BCUT2D eigenvalue weighted by atomic mass is 9.98. The van der Waals surface area contributed by atoms with Crippen molar-refractivity contribution in [3.8, 4) is 0 Å². The van der Waals surface area contributed by atoms with Crippen LogP contribution in [0.1, 0.15) is 29.8 Å². The fourth-order valence-electron chi connectivity index (χ4n) is 3.12. The van der Waals surface area contributed by atoms with E-state index < -0.39 is 0 Å². The first-order valence-electron chi connectivity index (χ1n) is 8.69. The lowest BCUT2D eigenvalue weighted by Gasteiger charge is -2.14. The second-order valence-electron chi connectivity index (χ2n) is 6.49. The molecule has 0 saturated heterocycles. The SMILES string of the molecule is Cc1nn(C)c(C)c1C(C)C(=O)Nc1ccc(Nc2ccccc2)cc1. The second-order valence-corrected chi connectivity index (χ2v) is 6.49. The molecule has 0 fully saturated rings. The summed E-state index contributed by atoms with van der Waals surface area (Å²) < 4.78 is 1.82. The number of hydrogen-bond acceptors (Lipinski definition) is 3. The van der Waals surface area contributed by atoms with Crippen molar-refractivity contribution in [3.63, 3.8) is 0 Å². The molecule has 0 aliphatic rings. The Morgan fingerprint density at radius 3 is 2.12 bits per heavy atom. The van der Waals surface area contributed by atoms with Crippen LogP contribution in [0.2, 0.25) is 0 Å². The highest BCUT2D eigenvalue weighted by atomic mass is 16.1. The average molecular weight is 348 g/mol. The number of benzene rings is 2. The van der Waals surface area contributed by atoms with Gasteiger partial charge < -0.3 is 10.6 Å². The van der Waals surface area contributed by atoms with E-state index in [4.69, 9.17) is 0 Å². The van der Waals surface area contributed by atoms with Gasteiger partial charge in [0, 0.05) is 35.4 Å². The molecule has 0 radical (unpaired) electrons. The highest BCUT2D eigenvalue weighted by Crippen LogP contribution is 2.25. The minimum Gasteiger partial charge on any atom is -0.356 e. The molecule has 3 aromatic rings. The molecule has 2 aromatic carbocycles. The van der Waals surface area contributed by atoms with Crippen LogP contribution in [0.15, 0.2) is 54.6 Å². The number of para-hydroxylation sites is 1. The number of aryl methyl sites for hydroxylation is 2. The van der Waals surface area contributed by atoms with Crippen molar-refractivity contribution >= 4 is 23.0 Å². The summed E-state index contributed by atoms with van der Waals surface area (Å²) in [7, 11) is 1.90. The monoisotopic (exact) mass is 348 g/mol. The van der Waals surface area contributed by atoms with E-state index in [-0.39, 0.29) is 11.8 Å². The van der Waals surface area contributed by atoms with Gasteiger partial charge in [-0.3, -0.25) is 9.48 Å². The van der Waals surface area contributed by atoms with Crippen molar-refractivity contribution in [2.45, 2.75) is 26.7 Å². The molecular weight excluding hydrogens is 324 g/mol. The van der Waals surface area contributed by atoms with Crippen LogP contribution in [0.25, 0.3) is 0 Å². The Bertz CT molecular complexity index is 898. The van der Waals surface area contributed by atoms with Gasteiger partial charge in [0.2, 0.25) is 5.91 Å². The third kappa shape index (κ3) is 3.77. The highest BCUT2D eigenvalue weighted by molar-refractivity contribution is 5.96. The Hall–Kier alpha value is -3.08. The van der Waals surface area contributed by atoms with Crippen LogP contribution in [0, 0.1) is 13.8 Å². The summed E-state index contributed by atoms with van der Waals surface area (Å²) in [4.78, 5) is 12.6. The molecule has 0 aliphatic heterocycles. The van der Waals surface area contributed by atoms with E-state index in [0.29, 0.717) is 0 Å². The molecule has 0 saturated carbocycles. The van der Waals surface area contributed by atoms with E-state index in [9.17, 15) is 4.79 Å². The topological polar surface area (TPSA) is 59.0 Å². The summed E-state index contributed by atoms with van der Waals surface area (Å²) in [6, 6.07) is 17.7. The summed E-state index contributed by atoms with van der Waals surface area (Å²) in [6.45, 7) is 5.84. The van der Waals surface area contributed by atoms with Crippen molar-refractivity contribution in [2.24, 2.45) is 7.05 Å². The maximum absolute atomic E-state index is 12.6. The van der Waals surface area contributed by atoms with Gasteiger partial charge in [0.1, 0.15) is 0 Å². The molecule has 26 heavy (non-hydrogen) atoms. The summed E-state index contributed by atoms with van der Waals surface area (Å²) in [5, 5.41) is 10.7. The molecule has 0 aliphatic carbocycles. The number of hydrogen-bond donors (Lipinski definition) is 2. The molecule has 1 unspecified atom stereocenters. The van der Waals surface area contributed by atoms with Gasteiger partial charge in [0.25, 0.3) is 0 Å². The van der Waals surface area contributed by atoms with Crippen LogP contribution in [0.4, 0.5) is 17.1 Å². The molecule has 1 atom stereocenters. The van der Waals surface area contributed by atoms with Gasteiger partial charge in [-0.2, -0.15) is 5.10 Å². The van der Waals surface area contributed by atoms with Crippen LogP contribution in [-0.2, 0) is 11.8 Å². The first-order chi connectivity index (χ1) is 12.5. The number of nitrogens with zero attached hydrogens (tertiary/aromatic N) is 2. The van der Waals surface area contributed by atoms with Crippen molar-refractivity contribution in [1.29, 1.82) is 0 Å². The summed E-state index contributed by atoms with van der Waals surface area (Å²) in [6.07, 6.45) is 0. The Kier molecular flexibility index (Phi) is 5.07. The molecule has 2 N–H and O–H groups in total. The van der Waals surface area contributed by atoms with Gasteiger partial charge >= 0.3 is 0 Å². The molecule has 1 aromatic heterocycles. The predicted octanol–water partition coefficient (Wildman–Crippen LogP) is 4.52. The van der Waals surface area contributed by atoms with Gasteiger partial charge in [-0.25, -0.2) is 0 Å². The number of aromatic nitrogens is 2. The molecule has 1 heterocycles. The summed E-state index contributed by atoms with van der Waals surface area (Å²) >= 11 is 0. The molecule has 3 rings (SSSR count). The van der Waals surface area contributed by atoms with Crippen molar-refractivity contribution < 1.29 is 4.79 Å².